The molecule has 1 saturated heterocycles. The van der Waals surface area contributed by atoms with Gasteiger partial charge in [-0.25, -0.2) is 0 Å². The molecule has 2 bridgehead atoms. The summed E-state index contributed by atoms with van der Waals surface area (Å²) in [5.41, 5.74) is 3.84. The summed E-state index contributed by atoms with van der Waals surface area (Å²) in [4.78, 5) is 16.2. The highest BCUT2D eigenvalue weighted by Crippen LogP contribution is 2.66. The van der Waals surface area contributed by atoms with Gasteiger partial charge in [0.25, 0.3) is 0 Å². The van der Waals surface area contributed by atoms with Gasteiger partial charge in [-0.2, -0.15) is 13.2 Å². The Morgan fingerprint density at radius 1 is 1.11 bits per heavy atom. The first kappa shape index (κ1) is 32.1. The zero-order chi connectivity index (χ0) is 32.7. The van der Waals surface area contributed by atoms with Gasteiger partial charge in [0.05, 0.1) is 11.0 Å². The SMILES string of the molecule is CN(C)[C@@]12CCC[C@@H]3Oc4c(O)ccc5c4[C@@]31CCN(CCc1ccccc1)[C@@H]2C5.CNC(=O)/C=C/c1cccc(C(F)(F)F)c1. The highest BCUT2D eigenvalue weighted by molar-refractivity contribution is 5.91. The lowest BCUT2D eigenvalue weighted by atomic mass is 9.47. The number of rotatable bonds is 6. The van der Waals surface area contributed by atoms with Crippen molar-refractivity contribution in [2.45, 2.75) is 67.8 Å². The van der Waals surface area contributed by atoms with Gasteiger partial charge in [-0.05, 0) is 100 Å². The molecule has 46 heavy (non-hydrogen) atoms. The van der Waals surface area contributed by atoms with Crippen LogP contribution in [0.5, 0.6) is 11.5 Å². The molecular formula is C37H42F3N3O3. The Balaban J connectivity index is 0.000000198. The molecule has 4 atom stereocenters. The molecule has 2 aliphatic carbocycles. The molecule has 244 valence electrons. The van der Waals surface area contributed by atoms with Crippen LogP contribution in [0.2, 0.25) is 0 Å². The zero-order valence-electron chi connectivity index (χ0n) is 26.6. The summed E-state index contributed by atoms with van der Waals surface area (Å²) in [6.07, 6.45) is 5.09. The van der Waals surface area contributed by atoms with Crippen LogP contribution >= 0.6 is 0 Å². The van der Waals surface area contributed by atoms with E-state index in [9.17, 15) is 23.1 Å². The van der Waals surface area contributed by atoms with Crippen molar-refractivity contribution in [3.05, 3.63) is 101 Å². The Bertz CT molecular complexity index is 1610. The van der Waals surface area contributed by atoms with Crippen LogP contribution in [0.15, 0.2) is 72.8 Å². The Morgan fingerprint density at radius 2 is 1.89 bits per heavy atom. The number of phenolic OH excluding ortho intramolecular Hbond substituents is 1. The van der Waals surface area contributed by atoms with Crippen molar-refractivity contribution in [1.29, 1.82) is 0 Å². The maximum Gasteiger partial charge on any atom is 0.416 e. The van der Waals surface area contributed by atoms with E-state index < -0.39 is 11.7 Å². The number of aromatic hydroxyl groups is 1. The van der Waals surface area contributed by atoms with Crippen molar-refractivity contribution < 1.29 is 27.8 Å². The van der Waals surface area contributed by atoms with Gasteiger partial charge in [-0.3, -0.25) is 9.69 Å². The molecule has 6 nitrogen and oxygen atoms in total. The predicted molar refractivity (Wildman–Crippen MR) is 173 cm³/mol. The van der Waals surface area contributed by atoms with Crippen LogP contribution in [0.25, 0.3) is 6.08 Å². The van der Waals surface area contributed by atoms with Gasteiger partial charge in [-0.1, -0.05) is 48.5 Å². The fraction of sp³-hybridized carbons (Fsp3) is 0.432. The Kier molecular flexibility index (Phi) is 8.67. The number of carbonyl (C=O) groups is 1. The zero-order valence-corrected chi connectivity index (χ0v) is 26.6. The number of alkyl halides is 3. The standard InChI is InChI=1S/C26H32N2O2.C11H10F3NO/c1-27(2)26-13-6-9-22-25(26)14-16-28(15-12-18-7-4-3-5-8-18)21(26)17-19-10-11-20(29)24(30-22)23(19)25;1-15-10(16)6-5-8-3-2-4-9(7-8)11(12,13)14/h3-5,7-8,10-11,21-22,29H,6,9,12-17H2,1-2H3;2-7H,1H3,(H,15,16)/b;6-5+/t21-,22+,25-,26-;/m1./s1. The molecule has 2 fully saturated rings. The van der Waals surface area contributed by atoms with E-state index in [1.54, 1.807) is 0 Å². The summed E-state index contributed by atoms with van der Waals surface area (Å²) >= 11 is 0. The van der Waals surface area contributed by atoms with Crippen LogP contribution in [-0.2, 0) is 29.2 Å². The van der Waals surface area contributed by atoms with E-state index in [1.165, 1.54) is 60.9 Å². The number of phenols is 1. The summed E-state index contributed by atoms with van der Waals surface area (Å²) in [5, 5.41) is 13.0. The summed E-state index contributed by atoms with van der Waals surface area (Å²) in [5.74, 6) is 0.759. The number of carbonyl (C=O) groups excluding carboxylic acids is 1. The first-order valence-electron chi connectivity index (χ1n) is 16.1. The van der Waals surface area contributed by atoms with Gasteiger partial charge in [0.15, 0.2) is 11.5 Å². The van der Waals surface area contributed by atoms with Gasteiger partial charge >= 0.3 is 6.18 Å². The van der Waals surface area contributed by atoms with Crippen molar-refractivity contribution in [3.63, 3.8) is 0 Å². The van der Waals surface area contributed by atoms with Gasteiger partial charge in [0.1, 0.15) is 6.10 Å². The fourth-order valence-electron chi connectivity index (χ4n) is 8.81. The van der Waals surface area contributed by atoms with Crippen molar-refractivity contribution in [3.8, 4) is 11.5 Å². The van der Waals surface area contributed by atoms with E-state index in [-0.39, 0.29) is 23.0 Å². The monoisotopic (exact) mass is 633 g/mol. The highest BCUT2D eigenvalue weighted by Gasteiger charge is 2.72. The lowest BCUT2D eigenvalue weighted by Crippen LogP contribution is -2.79. The fourth-order valence-corrected chi connectivity index (χ4v) is 8.81. The van der Waals surface area contributed by atoms with Crippen LogP contribution in [0, 0.1) is 0 Å². The average molecular weight is 634 g/mol. The number of hydrogen-bond acceptors (Lipinski definition) is 5. The number of nitrogens with one attached hydrogen (secondary N) is 1. The number of ether oxygens (including phenoxy) is 1. The molecule has 2 aliphatic heterocycles. The number of piperidine rings is 1. The smallest absolute Gasteiger partial charge is 0.416 e. The minimum Gasteiger partial charge on any atom is -0.504 e. The number of amides is 1. The molecule has 0 radical (unpaired) electrons. The molecule has 1 spiro atoms. The summed E-state index contributed by atoms with van der Waals surface area (Å²) in [7, 11) is 6.01. The number of likely N-dealkylation sites (N-methyl/N-ethyl adjacent to an activating group) is 2. The van der Waals surface area contributed by atoms with Gasteiger partial charge in [-0.15, -0.1) is 0 Å². The topological polar surface area (TPSA) is 65.0 Å². The van der Waals surface area contributed by atoms with Crippen molar-refractivity contribution in [2.24, 2.45) is 0 Å². The Labute approximate surface area is 268 Å². The second-order valence-corrected chi connectivity index (χ2v) is 13.0. The van der Waals surface area contributed by atoms with Crippen molar-refractivity contribution >= 4 is 12.0 Å². The number of halogens is 3. The number of nitrogens with zero attached hydrogens (tertiary/aromatic N) is 2. The lowest BCUT2D eigenvalue weighted by Gasteiger charge is -2.68. The van der Waals surface area contributed by atoms with Crippen molar-refractivity contribution in [2.75, 3.05) is 34.2 Å². The first-order chi connectivity index (χ1) is 22.0. The molecule has 2 N–H and O–H groups in total. The highest BCUT2D eigenvalue weighted by atomic mass is 19.4. The van der Waals surface area contributed by atoms with E-state index in [0.717, 1.165) is 56.7 Å². The van der Waals surface area contributed by atoms with E-state index in [1.807, 2.05) is 6.07 Å². The molecule has 9 heteroatoms. The minimum atomic E-state index is -4.36. The molecule has 1 saturated carbocycles. The van der Waals surface area contributed by atoms with E-state index in [4.69, 9.17) is 4.74 Å². The van der Waals surface area contributed by atoms with E-state index in [0.29, 0.717) is 17.4 Å². The average Bonchev–Trinajstić information content (AvgIpc) is 3.39. The predicted octanol–water partition coefficient (Wildman–Crippen LogP) is 6.21. The molecule has 3 aromatic carbocycles. The molecule has 0 aromatic heterocycles. The van der Waals surface area contributed by atoms with E-state index >= 15 is 0 Å². The first-order valence-corrected chi connectivity index (χ1v) is 16.1. The number of hydrogen-bond donors (Lipinski definition) is 2. The summed E-state index contributed by atoms with van der Waals surface area (Å²) in [6.45, 7) is 2.22. The second kappa shape index (κ2) is 12.4. The maximum absolute atomic E-state index is 12.3. The largest absolute Gasteiger partial charge is 0.504 e. The van der Waals surface area contributed by atoms with E-state index in [2.05, 4.69) is 65.6 Å². The summed E-state index contributed by atoms with van der Waals surface area (Å²) < 4.78 is 43.5. The summed E-state index contributed by atoms with van der Waals surface area (Å²) in [6, 6.07) is 20.2. The molecule has 2 heterocycles. The third-order valence-electron chi connectivity index (χ3n) is 10.7. The third kappa shape index (κ3) is 5.37. The molecule has 7 rings (SSSR count). The van der Waals surface area contributed by atoms with Crippen molar-refractivity contribution in [1.82, 2.24) is 15.1 Å². The van der Waals surface area contributed by atoms with Crippen LogP contribution in [-0.4, -0.2) is 72.7 Å². The molecular weight excluding hydrogens is 591 g/mol. The molecule has 3 aromatic rings. The van der Waals surface area contributed by atoms with Gasteiger partial charge in [0.2, 0.25) is 5.91 Å². The molecule has 1 amide bonds. The van der Waals surface area contributed by atoms with Crippen LogP contribution in [0.4, 0.5) is 13.2 Å². The minimum absolute atomic E-state index is 0.00429. The second-order valence-electron chi connectivity index (χ2n) is 13.0. The Morgan fingerprint density at radius 3 is 2.61 bits per heavy atom. The Hall–Kier alpha value is -3.82. The maximum atomic E-state index is 12.3. The quantitative estimate of drug-likeness (QED) is 0.316. The van der Waals surface area contributed by atoms with Crippen LogP contribution < -0.4 is 10.1 Å². The molecule has 4 aliphatic rings. The van der Waals surface area contributed by atoms with Gasteiger partial charge < -0.3 is 20.1 Å². The van der Waals surface area contributed by atoms with Gasteiger partial charge in [0, 0.05) is 36.8 Å². The van der Waals surface area contributed by atoms with Crippen LogP contribution in [0.1, 0.15) is 53.5 Å². The molecule has 0 unspecified atom stereocenters. The number of benzene rings is 3. The van der Waals surface area contributed by atoms with Crippen LogP contribution in [0.3, 0.4) is 0 Å². The number of likely N-dealkylation sites (tertiary alicyclic amines) is 1. The normalized spacial score (nSPS) is 26.2. The lowest BCUT2D eigenvalue weighted by molar-refractivity contribution is -0.137. The third-order valence-corrected chi connectivity index (χ3v) is 10.7.